The summed E-state index contributed by atoms with van der Waals surface area (Å²) < 4.78 is 16.5. The molecule has 0 radical (unpaired) electrons. The van der Waals surface area contributed by atoms with Crippen LogP contribution in [0, 0.1) is 12.8 Å². The molecule has 7 heteroatoms. The van der Waals surface area contributed by atoms with Gasteiger partial charge in [-0.15, -0.1) is 0 Å². The summed E-state index contributed by atoms with van der Waals surface area (Å²) in [7, 11) is 0. The third-order valence-corrected chi connectivity index (χ3v) is 4.65. The number of amides is 1. The number of nitrogens with one attached hydrogen (secondary N) is 1. The average Bonchev–Trinajstić information content (AvgIpc) is 3.08. The molecule has 154 valence electrons. The van der Waals surface area contributed by atoms with Gasteiger partial charge >= 0.3 is 0 Å². The molecule has 0 unspecified atom stereocenters. The summed E-state index contributed by atoms with van der Waals surface area (Å²) in [5.74, 6) is 1.34. The van der Waals surface area contributed by atoms with Crippen molar-refractivity contribution in [2.24, 2.45) is 5.92 Å². The fraction of sp³-hybridized carbons (Fsp3) is 0.409. The van der Waals surface area contributed by atoms with Gasteiger partial charge in [0.15, 0.2) is 11.5 Å². The maximum absolute atomic E-state index is 12.9. The van der Waals surface area contributed by atoms with E-state index in [0.717, 1.165) is 10.9 Å². The summed E-state index contributed by atoms with van der Waals surface area (Å²) in [5.41, 5.74) is 2.55. The van der Waals surface area contributed by atoms with Gasteiger partial charge in [0, 0.05) is 6.20 Å². The van der Waals surface area contributed by atoms with Crippen LogP contribution in [-0.2, 0) is 0 Å². The molecule has 0 aliphatic heterocycles. The molecule has 1 N–H and O–H groups in total. The van der Waals surface area contributed by atoms with E-state index >= 15 is 0 Å². The zero-order chi connectivity index (χ0) is 21.0. The molecule has 0 saturated heterocycles. The molecule has 0 saturated carbocycles. The first-order valence-corrected chi connectivity index (χ1v) is 9.87. The first-order valence-electron chi connectivity index (χ1n) is 9.87. The van der Waals surface area contributed by atoms with E-state index in [1.165, 1.54) is 6.20 Å². The predicted molar refractivity (Wildman–Crippen MR) is 110 cm³/mol. The number of nitrogens with zero attached hydrogens (tertiary/aromatic N) is 2. The molecule has 7 nitrogen and oxygen atoms in total. The molecule has 3 aromatic rings. The smallest absolute Gasteiger partial charge is 0.257 e. The van der Waals surface area contributed by atoms with Crippen molar-refractivity contribution in [1.29, 1.82) is 0 Å². The molecule has 0 aliphatic carbocycles. The van der Waals surface area contributed by atoms with Crippen molar-refractivity contribution in [2.45, 2.75) is 40.7 Å². The summed E-state index contributed by atoms with van der Waals surface area (Å²) in [4.78, 5) is 17.1. The van der Waals surface area contributed by atoms with Gasteiger partial charge in [0.2, 0.25) is 0 Å². The largest absolute Gasteiger partial charge is 0.490 e. The Morgan fingerprint density at radius 3 is 2.55 bits per heavy atom. The van der Waals surface area contributed by atoms with E-state index in [0.29, 0.717) is 41.7 Å². The minimum Gasteiger partial charge on any atom is -0.490 e. The molecule has 3 rings (SSSR count). The zero-order valence-corrected chi connectivity index (χ0v) is 17.5. The Morgan fingerprint density at radius 1 is 1.14 bits per heavy atom. The predicted octanol–water partition coefficient (Wildman–Crippen LogP) is 4.46. The van der Waals surface area contributed by atoms with Crippen molar-refractivity contribution >= 4 is 17.0 Å². The molecule has 0 aliphatic rings. The van der Waals surface area contributed by atoms with Crippen LogP contribution in [0.25, 0.3) is 11.1 Å². The third kappa shape index (κ3) is 4.50. The van der Waals surface area contributed by atoms with E-state index in [1.807, 2.05) is 39.0 Å². The number of hydrogen-bond donors (Lipinski definition) is 1. The van der Waals surface area contributed by atoms with E-state index in [1.54, 1.807) is 6.07 Å². The van der Waals surface area contributed by atoms with Crippen molar-refractivity contribution in [3.8, 4) is 11.5 Å². The van der Waals surface area contributed by atoms with Crippen LogP contribution in [0.3, 0.4) is 0 Å². The normalized spacial score (nSPS) is 12.2. The highest BCUT2D eigenvalue weighted by molar-refractivity contribution is 5.97. The van der Waals surface area contributed by atoms with Crippen LogP contribution >= 0.6 is 0 Å². The molecule has 29 heavy (non-hydrogen) atoms. The van der Waals surface area contributed by atoms with E-state index in [2.05, 4.69) is 29.3 Å². The number of carbonyl (C=O) groups is 1. The Kier molecular flexibility index (Phi) is 6.36. The Bertz CT molecular complexity index is 997. The van der Waals surface area contributed by atoms with Gasteiger partial charge in [0.1, 0.15) is 0 Å². The molecule has 0 fully saturated rings. The first-order chi connectivity index (χ1) is 13.9. The number of hydrogen-bond acceptors (Lipinski definition) is 6. The van der Waals surface area contributed by atoms with Gasteiger partial charge in [-0.25, -0.2) is 4.98 Å². The van der Waals surface area contributed by atoms with Crippen molar-refractivity contribution in [3.63, 3.8) is 0 Å². The summed E-state index contributed by atoms with van der Waals surface area (Å²) in [6, 6.07) is 7.34. The number of ether oxygens (including phenoxy) is 2. The van der Waals surface area contributed by atoms with Crippen LogP contribution in [-0.4, -0.2) is 29.3 Å². The maximum Gasteiger partial charge on any atom is 0.257 e. The number of aromatic nitrogens is 2. The van der Waals surface area contributed by atoms with E-state index in [9.17, 15) is 4.79 Å². The Labute approximate surface area is 170 Å². The number of carbonyl (C=O) groups excluding carboxylic acids is 1. The average molecular weight is 397 g/mol. The van der Waals surface area contributed by atoms with Gasteiger partial charge in [-0.2, -0.15) is 0 Å². The molecule has 0 spiro atoms. The van der Waals surface area contributed by atoms with Gasteiger partial charge in [0.05, 0.1) is 35.9 Å². The van der Waals surface area contributed by atoms with Crippen molar-refractivity contribution in [2.75, 3.05) is 13.2 Å². The summed E-state index contributed by atoms with van der Waals surface area (Å²) >= 11 is 0. The standard InChI is InChI=1S/C22H27N3O4/c1-6-27-18-9-8-15(11-19(18)28-7-2)20(13(3)4)24-21(26)16-10-17-14(5)25-29-22(17)23-12-16/h8-13,20H,6-7H2,1-5H3,(H,24,26)/t20-/m0/s1. The number of benzene rings is 1. The molecule has 2 aromatic heterocycles. The highest BCUT2D eigenvalue weighted by Crippen LogP contribution is 2.33. The molecule has 0 bridgehead atoms. The lowest BCUT2D eigenvalue weighted by Gasteiger charge is -2.24. The highest BCUT2D eigenvalue weighted by atomic mass is 16.5. The van der Waals surface area contributed by atoms with Gasteiger partial charge < -0.3 is 19.3 Å². The van der Waals surface area contributed by atoms with Crippen molar-refractivity contribution in [3.05, 3.63) is 47.3 Å². The lowest BCUT2D eigenvalue weighted by molar-refractivity contribution is 0.0925. The van der Waals surface area contributed by atoms with Gasteiger partial charge in [-0.1, -0.05) is 25.1 Å². The Hall–Kier alpha value is -3.09. The van der Waals surface area contributed by atoms with Gasteiger partial charge in [0.25, 0.3) is 11.6 Å². The number of aryl methyl sites for hydroxylation is 1. The molecule has 2 heterocycles. The minimum absolute atomic E-state index is 0.167. The third-order valence-electron chi connectivity index (χ3n) is 4.65. The number of rotatable bonds is 8. The van der Waals surface area contributed by atoms with Gasteiger partial charge in [-0.3, -0.25) is 4.79 Å². The SMILES string of the molecule is CCOc1ccc([C@@H](NC(=O)c2cnc3onc(C)c3c2)C(C)C)cc1OCC. The number of pyridine rings is 1. The van der Waals surface area contributed by atoms with Crippen LogP contribution in [0.2, 0.25) is 0 Å². The molecular formula is C22H27N3O4. The lowest BCUT2D eigenvalue weighted by Crippen LogP contribution is -2.31. The second-order valence-electron chi connectivity index (χ2n) is 7.11. The fourth-order valence-corrected chi connectivity index (χ4v) is 3.19. The first kappa shape index (κ1) is 20.6. The topological polar surface area (TPSA) is 86.5 Å². The van der Waals surface area contributed by atoms with Crippen LogP contribution < -0.4 is 14.8 Å². The number of fused-ring (bicyclic) bond motifs is 1. The Balaban J connectivity index is 1.88. The van der Waals surface area contributed by atoms with Crippen molar-refractivity contribution in [1.82, 2.24) is 15.5 Å². The summed E-state index contributed by atoms with van der Waals surface area (Å²) in [6.07, 6.45) is 1.50. The van der Waals surface area contributed by atoms with Gasteiger partial charge in [-0.05, 0) is 50.5 Å². The minimum atomic E-state index is -0.203. The lowest BCUT2D eigenvalue weighted by atomic mass is 9.95. The van der Waals surface area contributed by atoms with Crippen LogP contribution in [0.5, 0.6) is 11.5 Å². The zero-order valence-electron chi connectivity index (χ0n) is 17.5. The summed E-state index contributed by atoms with van der Waals surface area (Å²) in [5, 5.41) is 7.74. The van der Waals surface area contributed by atoms with E-state index in [-0.39, 0.29) is 17.9 Å². The Morgan fingerprint density at radius 2 is 1.86 bits per heavy atom. The van der Waals surface area contributed by atoms with Crippen LogP contribution in [0.4, 0.5) is 0 Å². The molecular weight excluding hydrogens is 370 g/mol. The quantitative estimate of drug-likeness (QED) is 0.604. The maximum atomic E-state index is 12.9. The molecule has 1 aromatic carbocycles. The summed E-state index contributed by atoms with van der Waals surface area (Å²) in [6.45, 7) is 10.9. The fourth-order valence-electron chi connectivity index (χ4n) is 3.19. The molecule has 1 atom stereocenters. The molecule has 1 amide bonds. The second kappa shape index (κ2) is 8.94. The van der Waals surface area contributed by atoms with E-state index < -0.39 is 0 Å². The second-order valence-corrected chi connectivity index (χ2v) is 7.11. The van der Waals surface area contributed by atoms with Crippen molar-refractivity contribution < 1.29 is 18.8 Å². The van der Waals surface area contributed by atoms with E-state index in [4.69, 9.17) is 14.0 Å². The van der Waals surface area contributed by atoms with Crippen LogP contribution in [0.1, 0.15) is 55.4 Å². The van der Waals surface area contributed by atoms with Crippen LogP contribution in [0.15, 0.2) is 35.0 Å². The highest BCUT2D eigenvalue weighted by Gasteiger charge is 2.22. The monoisotopic (exact) mass is 397 g/mol.